The topological polar surface area (TPSA) is 18.5 Å². The van der Waals surface area contributed by atoms with E-state index in [1.807, 2.05) is 0 Å². The minimum atomic E-state index is -0.257. The summed E-state index contributed by atoms with van der Waals surface area (Å²) in [5, 5.41) is 0. The SMILES string of the molecule is CCCCC[C@@]1(CC)OCC[C@@H](C)O1. The van der Waals surface area contributed by atoms with Crippen molar-refractivity contribution in [2.24, 2.45) is 0 Å². The van der Waals surface area contributed by atoms with E-state index in [1.165, 1.54) is 19.3 Å². The van der Waals surface area contributed by atoms with Crippen LogP contribution in [0.25, 0.3) is 0 Å². The molecule has 14 heavy (non-hydrogen) atoms. The average Bonchev–Trinajstić information content (AvgIpc) is 2.18. The molecule has 1 fully saturated rings. The third-order valence-corrected chi connectivity index (χ3v) is 3.01. The van der Waals surface area contributed by atoms with E-state index in [1.54, 1.807) is 0 Å². The Morgan fingerprint density at radius 1 is 1.29 bits per heavy atom. The van der Waals surface area contributed by atoms with Crippen LogP contribution in [-0.4, -0.2) is 18.5 Å². The van der Waals surface area contributed by atoms with Crippen molar-refractivity contribution in [3.63, 3.8) is 0 Å². The Balaban J connectivity index is 2.39. The maximum Gasteiger partial charge on any atom is 0.168 e. The minimum absolute atomic E-state index is 0.257. The lowest BCUT2D eigenvalue weighted by Gasteiger charge is -2.39. The van der Waals surface area contributed by atoms with Crippen LogP contribution in [0.1, 0.15) is 59.3 Å². The molecule has 2 atom stereocenters. The van der Waals surface area contributed by atoms with Gasteiger partial charge in [-0.15, -0.1) is 0 Å². The van der Waals surface area contributed by atoms with Crippen LogP contribution in [0.5, 0.6) is 0 Å². The summed E-state index contributed by atoms with van der Waals surface area (Å²) in [5.74, 6) is -0.257. The summed E-state index contributed by atoms with van der Waals surface area (Å²) in [6, 6.07) is 0. The Hall–Kier alpha value is -0.0800. The Morgan fingerprint density at radius 2 is 2.07 bits per heavy atom. The Kier molecular flexibility index (Phi) is 4.90. The van der Waals surface area contributed by atoms with Gasteiger partial charge in [-0.05, 0) is 26.2 Å². The number of rotatable bonds is 5. The monoisotopic (exact) mass is 200 g/mol. The average molecular weight is 200 g/mol. The summed E-state index contributed by atoms with van der Waals surface area (Å²) in [7, 11) is 0. The molecule has 84 valence electrons. The van der Waals surface area contributed by atoms with Gasteiger partial charge in [0.25, 0.3) is 0 Å². The van der Waals surface area contributed by atoms with Crippen LogP contribution in [0.3, 0.4) is 0 Å². The fraction of sp³-hybridized carbons (Fsp3) is 1.00. The van der Waals surface area contributed by atoms with Crippen molar-refractivity contribution in [3.8, 4) is 0 Å². The maximum absolute atomic E-state index is 5.95. The van der Waals surface area contributed by atoms with Crippen LogP contribution in [0.2, 0.25) is 0 Å². The predicted molar refractivity (Wildman–Crippen MR) is 58.3 cm³/mol. The van der Waals surface area contributed by atoms with Crippen molar-refractivity contribution >= 4 is 0 Å². The third kappa shape index (κ3) is 3.25. The largest absolute Gasteiger partial charge is 0.350 e. The van der Waals surface area contributed by atoms with E-state index in [0.717, 1.165) is 25.9 Å². The lowest BCUT2D eigenvalue weighted by atomic mass is 10.0. The summed E-state index contributed by atoms with van der Waals surface area (Å²) in [4.78, 5) is 0. The molecule has 1 rings (SSSR count). The minimum Gasteiger partial charge on any atom is -0.350 e. The zero-order chi connectivity index (χ0) is 10.4. The van der Waals surface area contributed by atoms with Crippen molar-refractivity contribution in [2.45, 2.75) is 71.2 Å². The first-order valence-corrected chi connectivity index (χ1v) is 6.04. The second-order valence-corrected chi connectivity index (χ2v) is 4.29. The van der Waals surface area contributed by atoms with Crippen molar-refractivity contribution in [3.05, 3.63) is 0 Å². The van der Waals surface area contributed by atoms with Gasteiger partial charge in [-0.2, -0.15) is 0 Å². The lowest BCUT2D eigenvalue weighted by Crippen LogP contribution is -2.43. The molecule has 0 aromatic rings. The van der Waals surface area contributed by atoms with Crippen LogP contribution < -0.4 is 0 Å². The smallest absolute Gasteiger partial charge is 0.168 e. The Morgan fingerprint density at radius 3 is 2.64 bits per heavy atom. The van der Waals surface area contributed by atoms with Gasteiger partial charge < -0.3 is 9.47 Å². The molecule has 0 unspecified atom stereocenters. The van der Waals surface area contributed by atoms with E-state index in [-0.39, 0.29) is 5.79 Å². The first kappa shape index (κ1) is 12.0. The van der Waals surface area contributed by atoms with E-state index in [4.69, 9.17) is 9.47 Å². The van der Waals surface area contributed by atoms with Crippen LogP contribution in [0.4, 0.5) is 0 Å². The van der Waals surface area contributed by atoms with Gasteiger partial charge in [0.2, 0.25) is 0 Å². The molecule has 1 aliphatic heterocycles. The highest BCUT2D eigenvalue weighted by Crippen LogP contribution is 2.31. The van der Waals surface area contributed by atoms with Crippen LogP contribution in [-0.2, 0) is 9.47 Å². The van der Waals surface area contributed by atoms with Crippen molar-refractivity contribution in [1.82, 2.24) is 0 Å². The lowest BCUT2D eigenvalue weighted by molar-refractivity contribution is -0.294. The molecule has 1 aliphatic rings. The van der Waals surface area contributed by atoms with Crippen molar-refractivity contribution in [1.29, 1.82) is 0 Å². The second kappa shape index (κ2) is 5.72. The number of hydrogen-bond donors (Lipinski definition) is 0. The predicted octanol–water partition coefficient (Wildman–Crippen LogP) is 3.50. The van der Waals surface area contributed by atoms with Crippen LogP contribution in [0, 0.1) is 0 Å². The Labute approximate surface area is 88.0 Å². The van der Waals surface area contributed by atoms with Gasteiger partial charge in [-0.25, -0.2) is 0 Å². The number of ether oxygens (including phenoxy) is 2. The van der Waals surface area contributed by atoms with Gasteiger partial charge in [0.15, 0.2) is 5.79 Å². The highest BCUT2D eigenvalue weighted by molar-refractivity contribution is 4.74. The molecular formula is C12H24O2. The first-order chi connectivity index (χ1) is 6.72. The summed E-state index contributed by atoms with van der Waals surface area (Å²) >= 11 is 0. The van der Waals surface area contributed by atoms with Crippen molar-refractivity contribution in [2.75, 3.05) is 6.61 Å². The van der Waals surface area contributed by atoms with Gasteiger partial charge >= 0.3 is 0 Å². The molecule has 0 aromatic carbocycles. The highest BCUT2D eigenvalue weighted by Gasteiger charge is 2.34. The van der Waals surface area contributed by atoms with Gasteiger partial charge in [-0.1, -0.05) is 26.7 Å². The number of unbranched alkanes of at least 4 members (excludes halogenated alkanes) is 2. The summed E-state index contributed by atoms with van der Waals surface area (Å²) in [6.07, 6.45) is 7.19. The van der Waals surface area contributed by atoms with E-state index in [0.29, 0.717) is 6.10 Å². The molecule has 2 heteroatoms. The molecule has 1 heterocycles. The Bertz CT molecular complexity index is 158. The van der Waals surface area contributed by atoms with Gasteiger partial charge in [0.1, 0.15) is 0 Å². The zero-order valence-electron chi connectivity index (χ0n) is 9.84. The molecule has 2 nitrogen and oxygen atoms in total. The van der Waals surface area contributed by atoms with E-state index in [9.17, 15) is 0 Å². The molecular weight excluding hydrogens is 176 g/mol. The van der Waals surface area contributed by atoms with Gasteiger partial charge in [-0.3, -0.25) is 0 Å². The molecule has 0 bridgehead atoms. The van der Waals surface area contributed by atoms with Crippen molar-refractivity contribution < 1.29 is 9.47 Å². The van der Waals surface area contributed by atoms with Crippen LogP contribution in [0.15, 0.2) is 0 Å². The summed E-state index contributed by atoms with van der Waals surface area (Å²) in [5.41, 5.74) is 0. The molecule has 0 aromatic heterocycles. The normalized spacial score (nSPS) is 33.2. The third-order valence-electron chi connectivity index (χ3n) is 3.01. The summed E-state index contributed by atoms with van der Waals surface area (Å²) < 4.78 is 11.8. The van der Waals surface area contributed by atoms with E-state index in [2.05, 4.69) is 20.8 Å². The molecule has 0 amide bonds. The zero-order valence-corrected chi connectivity index (χ0v) is 9.84. The van der Waals surface area contributed by atoms with Crippen LogP contribution >= 0.6 is 0 Å². The molecule has 0 saturated carbocycles. The van der Waals surface area contributed by atoms with E-state index >= 15 is 0 Å². The fourth-order valence-electron chi connectivity index (χ4n) is 2.01. The molecule has 0 spiro atoms. The molecule has 0 radical (unpaired) electrons. The number of hydrogen-bond acceptors (Lipinski definition) is 2. The fourth-order valence-corrected chi connectivity index (χ4v) is 2.01. The van der Waals surface area contributed by atoms with Gasteiger partial charge in [0.05, 0.1) is 12.7 Å². The highest BCUT2D eigenvalue weighted by atomic mass is 16.7. The van der Waals surface area contributed by atoms with Gasteiger partial charge in [0, 0.05) is 6.42 Å². The summed E-state index contributed by atoms with van der Waals surface area (Å²) in [6.45, 7) is 7.39. The molecule has 0 N–H and O–H groups in total. The quantitative estimate of drug-likeness (QED) is 0.632. The van der Waals surface area contributed by atoms with E-state index < -0.39 is 0 Å². The molecule has 1 saturated heterocycles. The first-order valence-electron chi connectivity index (χ1n) is 6.04. The standard InChI is InChI=1S/C12H24O2/c1-4-6-7-9-12(5-2)13-10-8-11(3)14-12/h11H,4-10H2,1-3H3/t11-,12+/m1/s1. The second-order valence-electron chi connectivity index (χ2n) is 4.29. The maximum atomic E-state index is 5.95. The molecule has 0 aliphatic carbocycles.